The number of hydrogen-bond acceptors (Lipinski definition) is 6. The molecule has 0 spiro atoms. The Bertz CT molecular complexity index is 934. The van der Waals surface area contributed by atoms with Crippen LogP contribution < -0.4 is 10.1 Å². The van der Waals surface area contributed by atoms with Crippen molar-refractivity contribution in [2.75, 3.05) is 32.0 Å². The van der Waals surface area contributed by atoms with Gasteiger partial charge < -0.3 is 10.1 Å². The first-order chi connectivity index (χ1) is 13.8. The number of nitrogens with one attached hydrogen (secondary N) is 1. The molecule has 0 saturated carbocycles. The summed E-state index contributed by atoms with van der Waals surface area (Å²) in [6.07, 6.45) is 0.636. The Morgan fingerprint density at radius 2 is 1.77 bits per heavy atom. The molecule has 0 bridgehead atoms. The number of hydrogen-bond donors (Lipinski definition) is 2. The van der Waals surface area contributed by atoms with Gasteiger partial charge in [-0.1, -0.05) is 11.8 Å². The van der Waals surface area contributed by atoms with Crippen molar-refractivity contribution in [3.63, 3.8) is 0 Å². The minimum Gasteiger partial charge on any atom is -0.481 e. The van der Waals surface area contributed by atoms with Gasteiger partial charge in [-0.15, -0.1) is 24.2 Å². The van der Waals surface area contributed by atoms with Gasteiger partial charge >= 0.3 is 0 Å². The fourth-order valence-corrected chi connectivity index (χ4v) is 5.06. The third kappa shape index (κ3) is 6.65. The number of halogens is 1. The molecule has 7 nitrogen and oxygen atoms in total. The molecule has 1 saturated heterocycles. The molecule has 1 aliphatic rings. The third-order valence-electron chi connectivity index (χ3n) is 4.79. The summed E-state index contributed by atoms with van der Waals surface area (Å²) in [5, 5.41) is 13.8. The van der Waals surface area contributed by atoms with Gasteiger partial charge in [0.05, 0.1) is 16.1 Å². The van der Waals surface area contributed by atoms with Gasteiger partial charge in [0.2, 0.25) is 0 Å². The van der Waals surface area contributed by atoms with Gasteiger partial charge in [0.15, 0.2) is 9.84 Å². The zero-order valence-electron chi connectivity index (χ0n) is 17.1. The first kappa shape index (κ1) is 25.8. The van der Waals surface area contributed by atoms with E-state index in [4.69, 9.17) is 4.74 Å². The van der Waals surface area contributed by atoms with Crippen LogP contribution in [0.1, 0.15) is 26.7 Å². The molecule has 2 N–H and O–H groups in total. The normalized spacial score (nSPS) is 14.8. The Labute approximate surface area is 184 Å². The number of piperidine rings is 1. The molecule has 0 atom stereocenters. The predicted molar refractivity (Wildman–Crippen MR) is 116 cm³/mol. The Hall–Kier alpha value is -2.23. The number of nitrogens with zero attached hydrogens (tertiary/aromatic N) is 1. The first-order valence-corrected chi connectivity index (χ1v) is 11.0. The summed E-state index contributed by atoms with van der Waals surface area (Å²) in [6.45, 7) is 4.38. The van der Waals surface area contributed by atoms with Crippen molar-refractivity contribution in [2.45, 2.75) is 31.6 Å². The van der Waals surface area contributed by atoms with E-state index < -0.39 is 21.2 Å². The van der Waals surface area contributed by atoms with E-state index in [1.807, 2.05) is 0 Å². The molecule has 1 aromatic rings. The maximum atomic E-state index is 13.1. The summed E-state index contributed by atoms with van der Waals surface area (Å²) >= 11 is 0. The molecule has 30 heavy (non-hydrogen) atoms. The average molecular weight is 455 g/mol. The quantitative estimate of drug-likeness (QED) is 0.371. The number of carbonyl (C=O) groups excluding carboxylic acids is 1. The summed E-state index contributed by atoms with van der Waals surface area (Å²) < 4.78 is 31.5. The van der Waals surface area contributed by atoms with Crippen molar-refractivity contribution in [1.82, 2.24) is 10.4 Å². The van der Waals surface area contributed by atoms with Gasteiger partial charge in [-0.2, -0.15) is 0 Å². The standard InChI is InChI=1S/C21H26N2O5S.ClH/c1-3-5-15-23(25)20(24)21(11-13-22-14-12-21)17-29(26,27)19-9-7-18(8-10-19)28-16-6-4-2;/h7-10,22,25H,11-17H2,1-2H3;1H. The number of amides is 1. The van der Waals surface area contributed by atoms with Gasteiger partial charge in [0.25, 0.3) is 5.91 Å². The van der Waals surface area contributed by atoms with E-state index in [-0.39, 0.29) is 36.2 Å². The number of rotatable bonds is 7. The smallest absolute Gasteiger partial charge is 0.254 e. The van der Waals surface area contributed by atoms with E-state index in [0.717, 1.165) is 0 Å². The van der Waals surface area contributed by atoms with E-state index in [1.54, 1.807) is 26.0 Å². The van der Waals surface area contributed by atoms with Crippen LogP contribution in [0, 0.1) is 29.1 Å². The Balaban J connectivity index is 0.00000450. The Morgan fingerprint density at radius 1 is 1.17 bits per heavy atom. The zero-order chi connectivity index (χ0) is 21.3. The molecule has 1 heterocycles. The van der Waals surface area contributed by atoms with Crippen molar-refractivity contribution in [3.8, 4) is 29.4 Å². The van der Waals surface area contributed by atoms with Gasteiger partial charge in [-0.05, 0) is 64.0 Å². The molecule has 1 fully saturated rings. The molecular weight excluding hydrogens is 428 g/mol. The second kappa shape index (κ2) is 11.8. The third-order valence-corrected chi connectivity index (χ3v) is 6.71. The van der Waals surface area contributed by atoms with Gasteiger partial charge in [-0.25, -0.2) is 13.5 Å². The lowest BCUT2D eigenvalue weighted by molar-refractivity contribution is -0.174. The largest absolute Gasteiger partial charge is 0.481 e. The van der Waals surface area contributed by atoms with Crippen molar-refractivity contribution in [3.05, 3.63) is 24.3 Å². The topological polar surface area (TPSA) is 95.9 Å². The highest BCUT2D eigenvalue weighted by Gasteiger charge is 2.45. The van der Waals surface area contributed by atoms with Crippen LogP contribution in [-0.2, 0) is 14.6 Å². The molecule has 164 valence electrons. The molecule has 0 radical (unpaired) electrons. The number of carbonyl (C=O) groups is 1. The van der Waals surface area contributed by atoms with E-state index in [2.05, 4.69) is 29.0 Å². The Morgan fingerprint density at radius 3 is 2.33 bits per heavy atom. The average Bonchev–Trinajstić information content (AvgIpc) is 2.72. The lowest BCUT2D eigenvalue weighted by Gasteiger charge is -2.37. The van der Waals surface area contributed by atoms with Crippen molar-refractivity contribution >= 4 is 28.2 Å². The second-order valence-electron chi connectivity index (χ2n) is 6.77. The van der Waals surface area contributed by atoms with Crippen molar-refractivity contribution in [1.29, 1.82) is 0 Å². The second-order valence-corrected chi connectivity index (χ2v) is 8.76. The van der Waals surface area contributed by atoms with Crippen LogP contribution in [0.25, 0.3) is 0 Å². The minimum absolute atomic E-state index is 0. The van der Waals surface area contributed by atoms with Gasteiger partial charge in [0.1, 0.15) is 18.9 Å². The molecule has 2 rings (SSSR count). The number of sulfone groups is 1. The highest BCUT2D eigenvalue weighted by molar-refractivity contribution is 7.91. The van der Waals surface area contributed by atoms with Crippen LogP contribution in [0.4, 0.5) is 0 Å². The minimum atomic E-state index is -3.77. The number of hydroxylamine groups is 2. The van der Waals surface area contributed by atoms with Crippen LogP contribution in [0.5, 0.6) is 5.75 Å². The lowest BCUT2D eigenvalue weighted by Crippen LogP contribution is -2.51. The highest BCUT2D eigenvalue weighted by Crippen LogP contribution is 2.35. The van der Waals surface area contributed by atoms with Crippen LogP contribution in [0.2, 0.25) is 0 Å². The molecule has 0 unspecified atom stereocenters. The first-order valence-electron chi connectivity index (χ1n) is 9.31. The molecule has 0 aromatic heterocycles. The van der Waals surface area contributed by atoms with E-state index in [1.165, 1.54) is 12.1 Å². The lowest BCUT2D eigenvalue weighted by atomic mass is 9.79. The number of ether oxygens (including phenoxy) is 1. The molecule has 0 aliphatic carbocycles. The zero-order valence-corrected chi connectivity index (χ0v) is 18.7. The fraction of sp³-hybridized carbons (Fsp3) is 0.476. The predicted octanol–water partition coefficient (Wildman–Crippen LogP) is 1.90. The maximum absolute atomic E-state index is 13.1. The summed E-state index contributed by atoms with van der Waals surface area (Å²) in [5.41, 5.74) is -1.19. The monoisotopic (exact) mass is 454 g/mol. The van der Waals surface area contributed by atoms with Crippen LogP contribution in [0.3, 0.4) is 0 Å². The van der Waals surface area contributed by atoms with Crippen molar-refractivity contribution in [2.24, 2.45) is 5.41 Å². The van der Waals surface area contributed by atoms with E-state index in [9.17, 15) is 18.4 Å². The molecule has 9 heteroatoms. The number of benzene rings is 1. The SMILES string of the molecule is CC#CCOc1ccc(S(=O)(=O)CC2(C(=O)N(O)CC#CC)CCNCC2)cc1.Cl. The summed E-state index contributed by atoms with van der Waals surface area (Å²) in [5.74, 6) is 10.2. The molecular formula is C21H27ClN2O5S. The van der Waals surface area contributed by atoms with Crippen LogP contribution >= 0.6 is 12.4 Å². The van der Waals surface area contributed by atoms with E-state index >= 15 is 0 Å². The highest BCUT2D eigenvalue weighted by atomic mass is 35.5. The van der Waals surface area contributed by atoms with Gasteiger partial charge in [0, 0.05) is 0 Å². The van der Waals surface area contributed by atoms with Crippen LogP contribution in [-0.4, -0.2) is 56.6 Å². The molecule has 1 aliphatic heterocycles. The van der Waals surface area contributed by atoms with Crippen molar-refractivity contribution < 1.29 is 23.2 Å². The summed E-state index contributed by atoms with van der Waals surface area (Å²) in [4.78, 5) is 13.0. The Kier molecular flexibility index (Phi) is 10.2. The fourth-order valence-electron chi connectivity index (χ4n) is 3.21. The maximum Gasteiger partial charge on any atom is 0.254 e. The summed E-state index contributed by atoms with van der Waals surface area (Å²) in [6, 6.07) is 6.05. The summed E-state index contributed by atoms with van der Waals surface area (Å²) in [7, 11) is -3.77. The van der Waals surface area contributed by atoms with Gasteiger partial charge in [-0.3, -0.25) is 10.0 Å². The van der Waals surface area contributed by atoms with Crippen LogP contribution in [0.15, 0.2) is 29.2 Å². The molecule has 1 aromatic carbocycles. The molecule has 1 amide bonds. The van der Waals surface area contributed by atoms with E-state index in [0.29, 0.717) is 36.7 Å².